The maximum Gasteiger partial charge on any atom is 0.317 e. The van der Waals surface area contributed by atoms with Gasteiger partial charge >= 0.3 is 11.9 Å². The fraction of sp³-hybridized carbons (Fsp3) is 0.500. The van der Waals surface area contributed by atoms with Crippen molar-refractivity contribution < 1.29 is 24.6 Å². The number of rotatable bonds is 7. The van der Waals surface area contributed by atoms with E-state index in [1.54, 1.807) is 25.6 Å². The largest absolute Gasteiger partial charge is 0.480 e. The van der Waals surface area contributed by atoms with Crippen LogP contribution in [-0.2, 0) is 21.4 Å². The Bertz CT molecular complexity index is 550. The highest BCUT2D eigenvalue weighted by atomic mass is 16.4. The third-order valence-electron chi connectivity index (χ3n) is 2.86. The molecule has 0 aliphatic carbocycles. The van der Waals surface area contributed by atoms with Crippen LogP contribution in [0.4, 0.5) is 5.69 Å². The Hall–Kier alpha value is -2.42. The summed E-state index contributed by atoms with van der Waals surface area (Å²) in [6.45, 7) is 2.14. The predicted molar refractivity (Wildman–Crippen MR) is 73.0 cm³/mol. The van der Waals surface area contributed by atoms with Crippen LogP contribution in [-0.4, -0.2) is 62.4 Å². The van der Waals surface area contributed by atoms with Crippen molar-refractivity contribution in [2.75, 3.05) is 25.0 Å². The van der Waals surface area contributed by atoms with Crippen LogP contribution in [0.5, 0.6) is 0 Å². The zero-order valence-electron chi connectivity index (χ0n) is 12.1. The van der Waals surface area contributed by atoms with Gasteiger partial charge in [-0.25, -0.2) is 0 Å². The molecule has 1 aromatic rings. The van der Waals surface area contributed by atoms with Gasteiger partial charge in [0.15, 0.2) is 0 Å². The minimum atomic E-state index is -1.20. The highest BCUT2D eigenvalue weighted by Crippen LogP contribution is 2.18. The van der Waals surface area contributed by atoms with Gasteiger partial charge in [0.2, 0.25) is 5.91 Å². The molecule has 0 aromatic carbocycles. The molecule has 0 atom stereocenters. The molecule has 0 aliphatic rings. The fourth-order valence-electron chi connectivity index (χ4n) is 1.89. The molecule has 0 unspecified atom stereocenters. The highest BCUT2D eigenvalue weighted by molar-refractivity contribution is 5.93. The lowest BCUT2D eigenvalue weighted by Gasteiger charge is -2.17. The van der Waals surface area contributed by atoms with E-state index in [0.717, 1.165) is 10.6 Å². The van der Waals surface area contributed by atoms with Crippen LogP contribution < -0.4 is 5.32 Å². The number of aliphatic carboxylic acids is 2. The lowest BCUT2D eigenvalue weighted by molar-refractivity contribution is -0.142. The Morgan fingerprint density at radius 3 is 2.05 bits per heavy atom. The van der Waals surface area contributed by atoms with Crippen LogP contribution in [0.1, 0.15) is 11.4 Å². The van der Waals surface area contributed by atoms with Gasteiger partial charge in [-0.2, -0.15) is 5.10 Å². The number of carbonyl (C=O) groups excluding carboxylic acids is 1. The molecule has 0 fully saturated rings. The zero-order chi connectivity index (χ0) is 16.2. The number of anilines is 1. The number of amides is 1. The van der Waals surface area contributed by atoms with Crippen LogP contribution in [0.3, 0.4) is 0 Å². The van der Waals surface area contributed by atoms with Crippen LogP contribution in [0, 0.1) is 13.8 Å². The van der Waals surface area contributed by atoms with Crippen LogP contribution in [0.15, 0.2) is 0 Å². The summed E-state index contributed by atoms with van der Waals surface area (Å²) in [6.07, 6.45) is 0. The van der Waals surface area contributed by atoms with Crippen molar-refractivity contribution in [3.05, 3.63) is 11.4 Å². The van der Waals surface area contributed by atoms with Crippen molar-refractivity contribution in [3.63, 3.8) is 0 Å². The van der Waals surface area contributed by atoms with Crippen LogP contribution in [0.2, 0.25) is 0 Å². The van der Waals surface area contributed by atoms with Gasteiger partial charge in [0.1, 0.15) is 0 Å². The van der Waals surface area contributed by atoms with Crippen molar-refractivity contribution in [2.45, 2.75) is 13.8 Å². The van der Waals surface area contributed by atoms with Crippen molar-refractivity contribution in [1.29, 1.82) is 0 Å². The molecule has 0 aliphatic heterocycles. The van der Waals surface area contributed by atoms with E-state index < -0.39 is 30.9 Å². The topological polar surface area (TPSA) is 125 Å². The van der Waals surface area contributed by atoms with Gasteiger partial charge < -0.3 is 15.5 Å². The predicted octanol–water partition coefficient (Wildman–Crippen LogP) is -0.553. The summed E-state index contributed by atoms with van der Waals surface area (Å²) in [5.41, 5.74) is 1.93. The van der Waals surface area contributed by atoms with Crippen molar-refractivity contribution >= 4 is 23.5 Å². The van der Waals surface area contributed by atoms with E-state index >= 15 is 0 Å². The molecule has 1 heterocycles. The molecular formula is C12H18N4O5. The van der Waals surface area contributed by atoms with Gasteiger partial charge in [-0.05, 0) is 13.8 Å². The molecule has 0 bridgehead atoms. The number of aromatic nitrogens is 2. The summed E-state index contributed by atoms with van der Waals surface area (Å²) >= 11 is 0. The standard InChI is InChI=1S/C12H18N4O5/c1-7-12(8(2)15(3)14-7)13-9(17)4-16(5-10(18)19)6-11(20)21/h4-6H2,1-3H3,(H,13,17)(H,18,19)(H,20,21). The number of hydrogen-bond acceptors (Lipinski definition) is 5. The van der Waals surface area contributed by atoms with E-state index in [2.05, 4.69) is 10.4 Å². The van der Waals surface area contributed by atoms with Crippen LogP contribution >= 0.6 is 0 Å². The first-order chi connectivity index (χ1) is 9.70. The number of carbonyl (C=O) groups is 3. The minimum Gasteiger partial charge on any atom is -0.480 e. The molecule has 0 spiro atoms. The van der Waals surface area contributed by atoms with E-state index in [0.29, 0.717) is 11.4 Å². The third-order valence-corrected chi connectivity index (χ3v) is 2.86. The van der Waals surface area contributed by atoms with E-state index in [9.17, 15) is 14.4 Å². The molecule has 9 heteroatoms. The van der Waals surface area contributed by atoms with Gasteiger partial charge in [0.05, 0.1) is 36.7 Å². The Kier molecular flexibility index (Phi) is 5.42. The van der Waals surface area contributed by atoms with Gasteiger partial charge in [-0.3, -0.25) is 24.0 Å². The zero-order valence-corrected chi connectivity index (χ0v) is 12.1. The lowest BCUT2D eigenvalue weighted by Crippen LogP contribution is -2.40. The number of aryl methyl sites for hydroxylation is 2. The molecule has 9 nitrogen and oxygen atoms in total. The summed E-state index contributed by atoms with van der Waals surface area (Å²) in [5.74, 6) is -2.88. The quantitative estimate of drug-likeness (QED) is 0.616. The van der Waals surface area contributed by atoms with E-state index in [1.165, 1.54) is 0 Å². The van der Waals surface area contributed by atoms with Gasteiger partial charge in [0, 0.05) is 7.05 Å². The number of nitrogens with zero attached hydrogens (tertiary/aromatic N) is 3. The smallest absolute Gasteiger partial charge is 0.317 e. The molecule has 116 valence electrons. The second kappa shape index (κ2) is 6.84. The summed E-state index contributed by atoms with van der Waals surface area (Å²) in [6, 6.07) is 0. The number of nitrogens with one attached hydrogen (secondary N) is 1. The second-order valence-corrected chi connectivity index (χ2v) is 4.65. The maximum atomic E-state index is 11.9. The number of carboxylic acids is 2. The first-order valence-electron chi connectivity index (χ1n) is 6.16. The van der Waals surface area contributed by atoms with Gasteiger partial charge in [-0.1, -0.05) is 0 Å². The average molecular weight is 298 g/mol. The van der Waals surface area contributed by atoms with E-state index in [4.69, 9.17) is 10.2 Å². The molecule has 21 heavy (non-hydrogen) atoms. The summed E-state index contributed by atoms with van der Waals surface area (Å²) in [5, 5.41) is 24.2. The Morgan fingerprint density at radius 2 is 1.67 bits per heavy atom. The molecule has 3 N–H and O–H groups in total. The molecule has 0 radical (unpaired) electrons. The lowest BCUT2D eigenvalue weighted by atomic mass is 10.3. The van der Waals surface area contributed by atoms with E-state index in [1.807, 2.05) is 0 Å². The highest BCUT2D eigenvalue weighted by Gasteiger charge is 2.19. The van der Waals surface area contributed by atoms with Crippen molar-refractivity contribution in [1.82, 2.24) is 14.7 Å². The Labute approximate surface area is 121 Å². The second-order valence-electron chi connectivity index (χ2n) is 4.65. The summed E-state index contributed by atoms with van der Waals surface area (Å²) < 4.78 is 1.61. The monoisotopic (exact) mass is 298 g/mol. The van der Waals surface area contributed by atoms with Gasteiger partial charge in [0.25, 0.3) is 0 Å². The SMILES string of the molecule is Cc1nn(C)c(C)c1NC(=O)CN(CC(=O)O)CC(=O)O. The molecule has 0 saturated heterocycles. The average Bonchev–Trinajstić information content (AvgIpc) is 2.54. The summed E-state index contributed by atoms with van der Waals surface area (Å²) in [7, 11) is 1.74. The number of carboxylic acid groups (broad SMARTS) is 2. The maximum absolute atomic E-state index is 11.9. The van der Waals surface area contributed by atoms with Crippen molar-refractivity contribution in [3.8, 4) is 0 Å². The first-order valence-corrected chi connectivity index (χ1v) is 6.16. The number of hydrogen-bond donors (Lipinski definition) is 3. The molecule has 1 amide bonds. The molecule has 1 rings (SSSR count). The normalized spacial score (nSPS) is 10.7. The van der Waals surface area contributed by atoms with Crippen LogP contribution in [0.25, 0.3) is 0 Å². The van der Waals surface area contributed by atoms with Gasteiger partial charge in [-0.15, -0.1) is 0 Å². The molecule has 1 aromatic heterocycles. The third kappa shape index (κ3) is 4.88. The molecular weight excluding hydrogens is 280 g/mol. The summed E-state index contributed by atoms with van der Waals surface area (Å²) in [4.78, 5) is 34.3. The minimum absolute atomic E-state index is 0.327. The molecule has 0 saturated carbocycles. The van der Waals surface area contributed by atoms with E-state index in [-0.39, 0.29) is 6.54 Å². The Morgan fingerprint density at radius 1 is 1.14 bits per heavy atom. The first kappa shape index (κ1) is 16.6. The fourth-order valence-corrected chi connectivity index (χ4v) is 1.89. The van der Waals surface area contributed by atoms with Crippen molar-refractivity contribution in [2.24, 2.45) is 7.05 Å². The Balaban J connectivity index is 2.73.